The molecule has 9 heteroatoms. The fourth-order valence-corrected chi connectivity index (χ4v) is 1.46. The maximum Gasteiger partial charge on any atom is 0.338 e. The number of hydrogen-bond donors (Lipinski definition) is 2. The molecule has 1 amide bonds. The summed E-state index contributed by atoms with van der Waals surface area (Å²) in [7, 11) is 0. The van der Waals surface area contributed by atoms with E-state index in [2.05, 4.69) is 25.1 Å². The Morgan fingerprint density at radius 1 is 1.41 bits per heavy atom. The molecule has 2 aromatic heterocycles. The van der Waals surface area contributed by atoms with E-state index in [0.29, 0.717) is 0 Å². The number of aromatic nitrogens is 4. The lowest BCUT2D eigenvalue weighted by atomic mass is 10.2. The molecule has 2 aromatic rings. The second-order valence-electron chi connectivity index (χ2n) is 2.83. The van der Waals surface area contributed by atoms with E-state index < -0.39 is 11.9 Å². The Hall–Kier alpha value is -2.42. The van der Waals surface area contributed by atoms with Crippen molar-refractivity contribution in [1.29, 1.82) is 0 Å². The van der Waals surface area contributed by atoms with Crippen LogP contribution in [-0.4, -0.2) is 36.8 Å². The van der Waals surface area contributed by atoms with E-state index in [1.54, 1.807) is 0 Å². The number of rotatable bonds is 3. The van der Waals surface area contributed by atoms with Gasteiger partial charge in [-0.05, 0) is 17.3 Å². The highest BCUT2D eigenvalue weighted by molar-refractivity contribution is 7.09. The van der Waals surface area contributed by atoms with E-state index in [9.17, 15) is 9.59 Å². The summed E-state index contributed by atoms with van der Waals surface area (Å²) < 4.78 is 3.46. The Bertz CT molecular complexity index is 556. The lowest BCUT2D eigenvalue weighted by Gasteiger charge is -2.02. The first-order valence-corrected chi connectivity index (χ1v) is 5.10. The summed E-state index contributed by atoms with van der Waals surface area (Å²) in [5, 5.41) is 18.2. The summed E-state index contributed by atoms with van der Waals surface area (Å²) in [5.74, 6) is -1.89. The Labute approximate surface area is 98.5 Å². The number of carbonyl (C=O) groups excluding carboxylic acids is 1. The third-order valence-electron chi connectivity index (χ3n) is 1.77. The number of pyridine rings is 1. The van der Waals surface area contributed by atoms with Gasteiger partial charge in [-0.25, -0.2) is 4.79 Å². The van der Waals surface area contributed by atoms with Gasteiger partial charge in [0.25, 0.3) is 5.91 Å². The van der Waals surface area contributed by atoms with Gasteiger partial charge in [0, 0.05) is 17.7 Å². The van der Waals surface area contributed by atoms with Gasteiger partial charge in [0.15, 0.2) is 0 Å². The van der Waals surface area contributed by atoms with Crippen LogP contribution in [-0.2, 0) is 0 Å². The topological polar surface area (TPSA) is 118 Å². The number of carboxylic acids is 1. The molecule has 0 aliphatic heterocycles. The van der Waals surface area contributed by atoms with Gasteiger partial charge in [0.1, 0.15) is 5.69 Å². The van der Waals surface area contributed by atoms with E-state index in [-0.39, 0.29) is 16.4 Å². The number of nitrogens with zero attached hydrogens (tertiary/aromatic N) is 4. The summed E-state index contributed by atoms with van der Waals surface area (Å²) in [6.45, 7) is 0. The minimum Gasteiger partial charge on any atom is -0.478 e. The first-order chi connectivity index (χ1) is 8.18. The van der Waals surface area contributed by atoms with Crippen molar-refractivity contribution in [2.24, 2.45) is 0 Å². The lowest BCUT2D eigenvalue weighted by Crippen LogP contribution is -2.18. The van der Waals surface area contributed by atoms with E-state index in [1.807, 2.05) is 0 Å². The molecule has 2 heterocycles. The molecule has 0 fully saturated rings. The van der Waals surface area contributed by atoms with Crippen molar-refractivity contribution in [3.05, 3.63) is 29.6 Å². The van der Waals surface area contributed by atoms with Gasteiger partial charge in [0.05, 0.1) is 5.56 Å². The largest absolute Gasteiger partial charge is 0.478 e. The van der Waals surface area contributed by atoms with Gasteiger partial charge in [-0.3, -0.25) is 15.1 Å². The van der Waals surface area contributed by atoms with Gasteiger partial charge in [-0.15, -0.1) is 0 Å². The molecule has 0 atom stereocenters. The van der Waals surface area contributed by atoms with E-state index in [1.165, 1.54) is 18.3 Å². The van der Waals surface area contributed by atoms with E-state index >= 15 is 0 Å². The average Bonchev–Trinajstić information content (AvgIpc) is 2.81. The predicted molar refractivity (Wildman–Crippen MR) is 56.9 cm³/mol. The standard InChI is InChI=1S/C8H5N5O3S/c14-6(10-8-11-12-13-17-8)5-4(7(15)16)2-1-3-9-5/h1-3H,(H,15,16)(H,10,11,13,14). The Morgan fingerprint density at radius 3 is 2.88 bits per heavy atom. The van der Waals surface area contributed by atoms with Gasteiger partial charge in [-0.2, -0.15) is 0 Å². The Kier molecular flexibility index (Phi) is 3.01. The third kappa shape index (κ3) is 2.39. The molecule has 2 rings (SSSR count). The molecular weight excluding hydrogens is 246 g/mol. The average molecular weight is 251 g/mol. The normalized spacial score (nSPS) is 9.88. The van der Waals surface area contributed by atoms with Crippen molar-refractivity contribution in [3.8, 4) is 0 Å². The fourth-order valence-electron chi connectivity index (χ4n) is 1.10. The van der Waals surface area contributed by atoms with Crippen LogP contribution in [0.1, 0.15) is 20.8 Å². The van der Waals surface area contributed by atoms with Crippen molar-refractivity contribution < 1.29 is 14.7 Å². The highest BCUT2D eigenvalue weighted by Crippen LogP contribution is 2.10. The SMILES string of the molecule is O=C(O)c1cccnc1C(=O)Nc1nnns1. The molecule has 17 heavy (non-hydrogen) atoms. The molecule has 86 valence electrons. The molecule has 0 aromatic carbocycles. The van der Waals surface area contributed by atoms with Gasteiger partial charge >= 0.3 is 5.97 Å². The number of nitrogens with one attached hydrogen (secondary N) is 1. The number of hydrogen-bond acceptors (Lipinski definition) is 7. The van der Waals surface area contributed by atoms with Crippen molar-refractivity contribution in [1.82, 2.24) is 19.8 Å². The second-order valence-corrected chi connectivity index (χ2v) is 3.56. The van der Waals surface area contributed by atoms with Crippen molar-refractivity contribution in [3.63, 3.8) is 0 Å². The van der Waals surface area contributed by atoms with Gasteiger partial charge in [-0.1, -0.05) is 9.59 Å². The third-order valence-corrected chi connectivity index (χ3v) is 2.28. The van der Waals surface area contributed by atoms with Gasteiger partial charge < -0.3 is 5.11 Å². The van der Waals surface area contributed by atoms with Crippen molar-refractivity contribution >= 4 is 28.5 Å². The summed E-state index contributed by atoms with van der Waals surface area (Å²) in [5.41, 5.74) is -0.363. The van der Waals surface area contributed by atoms with Crippen LogP contribution in [0.5, 0.6) is 0 Å². The molecule has 0 spiro atoms. The summed E-state index contributed by atoms with van der Waals surface area (Å²) >= 11 is 0.881. The zero-order valence-corrected chi connectivity index (χ0v) is 9.01. The number of amides is 1. The first kappa shape index (κ1) is 11.1. The molecule has 0 bridgehead atoms. The highest BCUT2D eigenvalue weighted by Gasteiger charge is 2.18. The van der Waals surface area contributed by atoms with Crippen LogP contribution in [0.2, 0.25) is 0 Å². The maximum atomic E-state index is 11.7. The molecule has 0 aliphatic rings. The second kappa shape index (κ2) is 4.61. The summed E-state index contributed by atoms with van der Waals surface area (Å²) in [4.78, 5) is 26.3. The van der Waals surface area contributed by atoms with Gasteiger partial charge in [0.2, 0.25) is 5.13 Å². The van der Waals surface area contributed by atoms with Crippen LogP contribution in [0, 0.1) is 0 Å². The number of carbonyl (C=O) groups is 2. The highest BCUT2D eigenvalue weighted by atomic mass is 32.1. The molecule has 0 saturated carbocycles. The van der Waals surface area contributed by atoms with E-state index in [4.69, 9.17) is 5.11 Å². The summed E-state index contributed by atoms with van der Waals surface area (Å²) in [6, 6.07) is 2.73. The monoisotopic (exact) mass is 251 g/mol. The van der Waals surface area contributed by atoms with E-state index in [0.717, 1.165) is 11.5 Å². The molecule has 0 aliphatic carbocycles. The molecular formula is C8H5N5O3S. The van der Waals surface area contributed by atoms with Crippen LogP contribution < -0.4 is 5.32 Å². The number of aromatic carboxylic acids is 1. The fraction of sp³-hybridized carbons (Fsp3) is 0. The number of anilines is 1. The van der Waals surface area contributed by atoms with Crippen molar-refractivity contribution in [2.75, 3.05) is 5.32 Å². The minimum atomic E-state index is -1.22. The molecule has 2 N–H and O–H groups in total. The van der Waals surface area contributed by atoms with Crippen LogP contribution in [0.15, 0.2) is 18.3 Å². The maximum absolute atomic E-state index is 11.7. The lowest BCUT2D eigenvalue weighted by molar-refractivity contribution is 0.0691. The summed E-state index contributed by atoms with van der Waals surface area (Å²) in [6.07, 6.45) is 1.33. The number of carboxylic acid groups (broad SMARTS) is 1. The van der Waals surface area contributed by atoms with Crippen molar-refractivity contribution in [2.45, 2.75) is 0 Å². The molecule has 0 radical (unpaired) electrons. The molecule has 0 unspecified atom stereocenters. The minimum absolute atomic E-state index is 0.178. The smallest absolute Gasteiger partial charge is 0.338 e. The quantitative estimate of drug-likeness (QED) is 0.804. The predicted octanol–water partition coefficient (Wildman–Crippen LogP) is 0.279. The zero-order valence-electron chi connectivity index (χ0n) is 8.19. The first-order valence-electron chi connectivity index (χ1n) is 4.33. The molecule has 0 saturated heterocycles. The molecule has 8 nitrogen and oxygen atoms in total. The Morgan fingerprint density at radius 2 is 2.24 bits per heavy atom. The Balaban J connectivity index is 2.28. The zero-order chi connectivity index (χ0) is 12.3. The van der Waals surface area contributed by atoms with Crippen LogP contribution in [0.3, 0.4) is 0 Å². The van der Waals surface area contributed by atoms with Crippen LogP contribution in [0.4, 0.5) is 5.13 Å². The van der Waals surface area contributed by atoms with Crippen LogP contribution >= 0.6 is 11.5 Å². The van der Waals surface area contributed by atoms with Crippen LogP contribution in [0.25, 0.3) is 0 Å².